The zero-order valence-corrected chi connectivity index (χ0v) is 7.69. The molecule has 0 radical (unpaired) electrons. The zero-order valence-electron chi connectivity index (χ0n) is 7.69. The van der Waals surface area contributed by atoms with E-state index in [1.54, 1.807) is 4.68 Å². The van der Waals surface area contributed by atoms with E-state index in [4.69, 9.17) is 11.0 Å². The van der Waals surface area contributed by atoms with Crippen molar-refractivity contribution in [2.75, 3.05) is 5.73 Å². The van der Waals surface area contributed by atoms with Crippen molar-refractivity contribution in [2.24, 2.45) is 0 Å². The molecule has 0 atom stereocenters. The van der Waals surface area contributed by atoms with Crippen LogP contribution in [0.5, 0.6) is 0 Å². The van der Waals surface area contributed by atoms with Gasteiger partial charge in [0.25, 0.3) is 0 Å². The average molecular weight is 179 g/mol. The molecule has 0 bridgehead atoms. The first-order chi connectivity index (χ1) is 6.27. The van der Waals surface area contributed by atoms with Gasteiger partial charge in [0.2, 0.25) is 5.95 Å². The summed E-state index contributed by atoms with van der Waals surface area (Å²) in [5.41, 5.74) is 5.59. The Morgan fingerprint density at radius 1 is 1.62 bits per heavy atom. The lowest BCUT2D eigenvalue weighted by Gasteiger charge is -1.95. The number of aromatic nitrogens is 3. The Labute approximate surface area is 77.2 Å². The van der Waals surface area contributed by atoms with Crippen LogP contribution in [0.2, 0.25) is 0 Å². The Balaban J connectivity index is 2.67. The third kappa shape index (κ3) is 2.44. The molecule has 0 aliphatic rings. The van der Waals surface area contributed by atoms with Gasteiger partial charge >= 0.3 is 0 Å². The van der Waals surface area contributed by atoms with Crippen molar-refractivity contribution in [1.29, 1.82) is 5.26 Å². The Morgan fingerprint density at radius 2 is 2.38 bits per heavy atom. The maximum Gasteiger partial charge on any atom is 0.218 e. The molecule has 0 saturated carbocycles. The Hall–Kier alpha value is -1.57. The number of nitriles is 1. The van der Waals surface area contributed by atoms with Gasteiger partial charge in [-0.1, -0.05) is 6.92 Å². The zero-order chi connectivity index (χ0) is 9.68. The molecule has 0 aliphatic heterocycles. The highest BCUT2D eigenvalue weighted by molar-refractivity contribution is 5.16. The van der Waals surface area contributed by atoms with E-state index in [0.717, 1.165) is 18.7 Å². The van der Waals surface area contributed by atoms with Crippen molar-refractivity contribution in [3.05, 3.63) is 5.82 Å². The molecular formula is C8H13N5. The van der Waals surface area contributed by atoms with Crippen molar-refractivity contribution < 1.29 is 0 Å². The lowest BCUT2D eigenvalue weighted by molar-refractivity contribution is 0.623. The summed E-state index contributed by atoms with van der Waals surface area (Å²) in [6, 6.07) is 2.04. The SMILES string of the molecule is CCCc1nc(N)n(CCC#N)n1. The molecule has 0 spiro atoms. The number of aryl methyl sites for hydroxylation is 2. The van der Waals surface area contributed by atoms with Gasteiger partial charge in [0.05, 0.1) is 19.0 Å². The Bertz CT molecular complexity index is 309. The predicted octanol–water partition coefficient (Wildman–Crippen LogP) is 0.726. The average Bonchev–Trinajstić information content (AvgIpc) is 2.44. The van der Waals surface area contributed by atoms with E-state index < -0.39 is 0 Å². The molecule has 2 N–H and O–H groups in total. The highest BCUT2D eigenvalue weighted by atomic mass is 15.4. The summed E-state index contributed by atoms with van der Waals surface area (Å²) in [6.07, 6.45) is 2.25. The van der Waals surface area contributed by atoms with Crippen LogP contribution >= 0.6 is 0 Å². The maximum absolute atomic E-state index is 8.38. The summed E-state index contributed by atoms with van der Waals surface area (Å²) in [7, 11) is 0. The molecule has 0 aromatic carbocycles. The molecular weight excluding hydrogens is 166 g/mol. The third-order valence-corrected chi connectivity index (χ3v) is 1.65. The second-order valence-electron chi connectivity index (χ2n) is 2.77. The molecule has 70 valence electrons. The number of anilines is 1. The van der Waals surface area contributed by atoms with Gasteiger partial charge in [0, 0.05) is 6.42 Å². The molecule has 1 aromatic rings. The second-order valence-corrected chi connectivity index (χ2v) is 2.77. The van der Waals surface area contributed by atoms with E-state index in [0.29, 0.717) is 18.9 Å². The van der Waals surface area contributed by atoms with Gasteiger partial charge < -0.3 is 5.73 Å². The lowest BCUT2D eigenvalue weighted by atomic mass is 10.3. The quantitative estimate of drug-likeness (QED) is 0.738. The van der Waals surface area contributed by atoms with Crippen molar-refractivity contribution in [3.63, 3.8) is 0 Å². The van der Waals surface area contributed by atoms with Crippen LogP contribution in [0.25, 0.3) is 0 Å². The summed E-state index contributed by atoms with van der Waals surface area (Å²) < 4.78 is 1.58. The van der Waals surface area contributed by atoms with Crippen molar-refractivity contribution in [3.8, 4) is 6.07 Å². The van der Waals surface area contributed by atoms with Crippen LogP contribution in [0.1, 0.15) is 25.6 Å². The van der Waals surface area contributed by atoms with Crippen molar-refractivity contribution in [1.82, 2.24) is 14.8 Å². The highest BCUT2D eigenvalue weighted by Gasteiger charge is 2.04. The van der Waals surface area contributed by atoms with Gasteiger partial charge in [0.1, 0.15) is 0 Å². The summed E-state index contributed by atoms with van der Waals surface area (Å²) in [6.45, 7) is 2.59. The number of nitrogens with zero attached hydrogens (tertiary/aromatic N) is 4. The number of hydrogen-bond donors (Lipinski definition) is 1. The smallest absolute Gasteiger partial charge is 0.218 e. The van der Waals surface area contributed by atoms with E-state index in [1.165, 1.54) is 0 Å². The van der Waals surface area contributed by atoms with E-state index in [9.17, 15) is 0 Å². The van der Waals surface area contributed by atoms with Gasteiger partial charge in [-0.15, -0.1) is 0 Å². The maximum atomic E-state index is 8.38. The van der Waals surface area contributed by atoms with Crippen molar-refractivity contribution in [2.45, 2.75) is 32.7 Å². The minimum absolute atomic E-state index is 0.402. The van der Waals surface area contributed by atoms with Crippen LogP contribution < -0.4 is 5.73 Å². The fourth-order valence-corrected chi connectivity index (χ4v) is 1.05. The number of hydrogen-bond acceptors (Lipinski definition) is 4. The summed E-state index contributed by atoms with van der Waals surface area (Å²) in [5, 5.41) is 12.5. The van der Waals surface area contributed by atoms with Crippen LogP contribution in [0.15, 0.2) is 0 Å². The first-order valence-corrected chi connectivity index (χ1v) is 4.34. The largest absolute Gasteiger partial charge is 0.368 e. The highest BCUT2D eigenvalue weighted by Crippen LogP contribution is 2.03. The minimum atomic E-state index is 0.402. The van der Waals surface area contributed by atoms with Crippen LogP contribution in [0.3, 0.4) is 0 Å². The fraction of sp³-hybridized carbons (Fsp3) is 0.625. The molecule has 5 nitrogen and oxygen atoms in total. The molecule has 5 heteroatoms. The molecule has 0 fully saturated rings. The summed E-state index contributed by atoms with van der Waals surface area (Å²) in [5.74, 6) is 1.16. The molecule has 0 unspecified atom stereocenters. The van der Waals surface area contributed by atoms with E-state index >= 15 is 0 Å². The van der Waals surface area contributed by atoms with Gasteiger partial charge in [0.15, 0.2) is 5.82 Å². The van der Waals surface area contributed by atoms with Gasteiger partial charge in [-0.3, -0.25) is 0 Å². The third-order valence-electron chi connectivity index (χ3n) is 1.65. The van der Waals surface area contributed by atoms with Crippen LogP contribution in [0, 0.1) is 11.3 Å². The Kier molecular flexibility index (Phi) is 3.26. The van der Waals surface area contributed by atoms with Crippen LogP contribution in [-0.2, 0) is 13.0 Å². The lowest BCUT2D eigenvalue weighted by Crippen LogP contribution is -2.04. The Morgan fingerprint density at radius 3 is 3.00 bits per heavy atom. The van der Waals surface area contributed by atoms with Crippen molar-refractivity contribution >= 4 is 5.95 Å². The summed E-state index contributed by atoms with van der Waals surface area (Å²) in [4.78, 5) is 4.07. The fourth-order valence-electron chi connectivity index (χ4n) is 1.05. The standard InChI is InChI=1S/C8H13N5/c1-2-4-7-11-8(10)13(12-7)6-3-5-9/h2-4,6H2,1H3,(H2,10,11,12). The van der Waals surface area contributed by atoms with Crippen LogP contribution in [0.4, 0.5) is 5.95 Å². The molecule has 0 saturated heterocycles. The van der Waals surface area contributed by atoms with E-state index in [-0.39, 0.29) is 0 Å². The topological polar surface area (TPSA) is 80.5 Å². The molecule has 1 aromatic heterocycles. The monoisotopic (exact) mass is 179 g/mol. The first kappa shape index (κ1) is 9.52. The number of nitrogen functional groups attached to an aromatic ring is 1. The van der Waals surface area contributed by atoms with E-state index in [2.05, 4.69) is 17.0 Å². The molecule has 0 aliphatic carbocycles. The first-order valence-electron chi connectivity index (χ1n) is 4.34. The molecule has 0 amide bonds. The van der Waals surface area contributed by atoms with Gasteiger partial charge in [-0.2, -0.15) is 15.3 Å². The van der Waals surface area contributed by atoms with Gasteiger partial charge in [-0.25, -0.2) is 4.68 Å². The number of rotatable bonds is 4. The second kappa shape index (κ2) is 4.45. The predicted molar refractivity (Wildman–Crippen MR) is 48.7 cm³/mol. The number of nitrogens with two attached hydrogens (primary N) is 1. The molecule has 13 heavy (non-hydrogen) atoms. The normalized spacial score (nSPS) is 9.85. The van der Waals surface area contributed by atoms with E-state index in [1.807, 2.05) is 6.07 Å². The summed E-state index contributed by atoms with van der Waals surface area (Å²) >= 11 is 0. The molecule has 1 rings (SSSR count). The van der Waals surface area contributed by atoms with Gasteiger partial charge in [-0.05, 0) is 6.42 Å². The van der Waals surface area contributed by atoms with Crippen LogP contribution in [-0.4, -0.2) is 14.8 Å². The molecule has 1 heterocycles. The minimum Gasteiger partial charge on any atom is -0.368 e.